The van der Waals surface area contributed by atoms with E-state index in [2.05, 4.69) is 21.0 Å². The molecule has 0 atom stereocenters. The van der Waals surface area contributed by atoms with Gasteiger partial charge in [0.05, 0.1) is 17.8 Å². The fourth-order valence-electron chi connectivity index (χ4n) is 1.29. The Bertz CT molecular complexity index is 484. The number of rotatable bonds is 2. The van der Waals surface area contributed by atoms with Crippen LogP contribution in [0.4, 0.5) is 0 Å². The first-order valence-corrected chi connectivity index (χ1v) is 5.43. The van der Waals surface area contributed by atoms with Gasteiger partial charge in [-0.3, -0.25) is 0 Å². The highest BCUT2D eigenvalue weighted by atomic mass is 79.9. The predicted octanol–water partition coefficient (Wildman–Crippen LogP) is 3.30. The van der Waals surface area contributed by atoms with Crippen molar-refractivity contribution in [3.63, 3.8) is 0 Å². The van der Waals surface area contributed by atoms with Gasteiger partial charge in [0, 0.05) is 0 Å². The topological polar surface area (TPSA) is 27.1 Å². The molecule has 1 aromatic carbocycles. The lowest BCUT2D eigenvalue weighted by atomic mass is 10.3. The van der Waals surface area contributed by atoms with Crippen LogP contribution in [0.5, 0.6) is 5.75 Å². The van der Waals surface area contributed by atoms with Crippen LogP contribution in [0.25, 0.3) is 5.69 Å². The summed E-state index contributed by atoms with van der Waals surface area (Å²) in [4.78, 5) is 0. The molecule has 0 saturated carbocycles. The van der Waals surface area contributed by atoms with Gasteiger partial charge in [0.15, 0.2) is 0 Å². The van der Waals surface area contributed by atoms with Crippen LogP contribution in [-0.2, 0) is 0 Å². The minimum atomic E-state index is 0.527. The first-order chi connectivity index (χ1) is 7.24. The minimum absolute atomic E-state index is 0.527. The van der Waals surface area contributed by atoms with Crippen molar-refractivity contribution in [3.05, 3.63) is 40.1 Å². The van der Waals surface area contributed by atoms with Crippen molar-refractivity contribution in [2.75, 3.05) is 7.11 Å². The molecule has 0 radical (unpaired) electrons. The molecule has 0 N–H and O–H groups in total. The van der Waals surface area contributed by atoms with Crippen molar-refractivity contribution in [1.29, 1.82) is 0 Å². The Morgan fingerprint density at radius 1 is 1.40 bits per heavy atom. The van der Waals surface area contributed by atoms with E-state index in [9.17, 15) is 0 Å². The molecule has 1 aromatic heterocycles. The van der Waals surface area contributed by atoms with Crippen molar-refractivity contribution in [3.8, 4) is 11.4 Å². The van der Waals surface area contributed by atoms with Gasteiger partial charge in [0.1, 0.15) is 16.6 Å². The number of halogens is 2. The predicted molar refractivity (Wildman–Crippen MR) is 62.8 cm³/mol. The van der Waals surface area contributed by atoms with Gasteiger partial charge in [-0.05, 0) is 28.1 Å². The van der Waals surface area contributed by atoms with Crippen LogP contribution in [0.2, 0.25) is 5.15 Å². The molecule has 5 heteroatoms. The Hall–Kier alpha value is -1.00. The molecule has 0 bridgehead atoms. The summed E-state index contributed by atoms with van der Waals surface area (Å²) in [7, 11) is 1.62. The van der Waals surface area contributed by atoms with E-state index >= 15 is 0 Å². The summed E-state index contributed by atoms with van der Waals surface area (Å²) in [5, 5.41) is 4.68. The zero-order valence-corrected chi connectivity index (χ0v) is 10.3. The largest absolute Gasteiger partial charge is 0.494 e. The van der Waals surface area contributed by atoms with E-state index in [1.807, 2.05) is 24.3 Å². The maximum Gasteiger partial charge on any atom is 0.147 e. The van der Waals surface area contributed by atoms with Gasteiger partial charge >= 0.3 is 0 Å². The Labute approximate surface area is 101 Å². The van der Waals surface area contributed by atoms with E-state index in [-0.39, 0.29) is 0 Å². The first kappa shape index (κ1) is 10.5. The summed E-state index contributed by atoms with van der Waals surface area (Å²) < 4.78 is 7.60. The van der Waals surface area contributed by atoms with Crippen molar-refractivity contribution < 1.29 is 4.74 Å². The van der Waals surface area contributed by atoms with E-state index in [1.165, 1.54) is 0 Å². The van der Waals surface area contributed by atoms with Crippen molar-refractivity contribution in [1.82, 2.24) is 9.78 Å². The van der Waals surface area contributed by atoms with Gasteiger partial charge in [-0.25, -0.2) is 4.68 Å². The van der Waals surface area contributed by atoms with E-state index in [1.54, 1.807) is 18.0 Å². The molecule has 2 aromatic rings. The third-order valence-electron chi connectivity index (χ3n) is 1.98. The first-order valence-electron chi connectivity index (χ1n) is 4.26. The fourth-order valence-corrected chi connectivity index (χ4v) is 1.73. The number of hydrogen-bond acceptors (Lipinski definition) is 2. The average molecular weight is 288 g/mol. The highest BCUT2D eigenvalue weighted by Gasteiger charge is 2.11. The molecule has 2 rings (SSSR count). The summed E-state index contributed by atoms with van der Waals surface area (Å²) in [6.45, 7) is 0. The molecule has 0 spiro atoms. The van der Waals surface area contributed by atoms with Gasteiger partial charge < -0.3 is 4.74 Å². The Morgan fingerprint density at radius 2 is 2.13 bits per heavy atom. The normalized spacial score (nSPS) is 10.3. The van der Waals surface area contributed by atoms with Crippen LogP contribution in [0.3, 0.4) is 0 Å². The number of hydrogen-bond donors (Lipinski definition) is 0. The van der Waals surface area contributed by atoms with E-state index in [0.717, 1.165) is 15.9 Å². The highest BCUT2D eigenvalue weighted by molar-refractivity contribution is 9.10. The molecular weight excluding hydrogens is 279 g/mol. The Balaban J connectivity index is 2.58. The van der Waals surface area contributed by atoms with Gasteiger partial charge in [0.25, 0.3) is 0 Å². The third kappa shape index (κ3) is 1.87. The van der Waals surface area contributed by atoms with Crippen LogP contribution in [0.1, 0.15) is 0 Å². The summed E-state index contributed by atoms with van der Waals surface area (Å²) in [5.41, 5.74) is 0.815. The number of ether oxygens (including phenoxy) is 1. The monoisotopic (exact) mass is 286 g/mol. The highest BCUT2D eigenvalue weighted by Crippen LogP contribution is 2.29. The lowest BCUT2D eigenvalue weighted by Crippen LogP contribution is -1.99. The van der Waals surface area contributed by atoms with Gasteiger partial charge in [0.2, 0.25) is 0 Å². The third-order valence-corrected chi connectivity index (χ3v) is 3.16. The number of benzene rings is 1. The maximum atomic E-state index is 6.07. The molecule has 15 heavy (non-hydrogen) atoms. The maximum absolute atomic E-state index is 6.07. The fraction of sp³-hybridized carbons (Fsp3) is 0.100. The molecule has 0 fully saturated rings. The molecule has 0 saturated heterocycles. The van der Waals surface area contributed by atoms with E-state index in [4.69, 9.17) is 16.3 Å². The zero-order valence-electron chi connectivity index (χ0n) is 7.95. The van der Waals surface area contributed by atoms with Crippen LogP contribution in [-0.4, -0.2) is 16.9 Å². The van der Waals surface area contributed by atoms with E-state index in [0.29, 0.717) is 5.15 Å². The van der Waals surface area contributed by atoms with Crippen molar-refractivity contribution in [2.24, 2.45) is 0 Å². The summed E-state index contributed by atoms with van der Waals surface area (Å²) in [6.07, 6.45) is 1.65. The molecule has 0 aliphatic heterocycles. The molecule has 0 amide bonds. The smallest absolute Gasteiger partial charge is 0.147 e. The summed E-state index contributed by atoms with van der Waals surface area (Å²) in [6, 6.07) is 7.56. The Morgan fingerprint density at radius 3 is 2.73 bits per heavy atom. The molecule has 1 heterocycles. The molecular formula is C10H8BrClN2O. The average Bonchev–Trinajstić information content (AvgIpc) is 2.60. The van der Waals surface area contributed by atoms with Crippen LogP contribution in [0.15, 0.2) is 34.9 Å². The number of aromatic nitrogens is 2. The molecule has 0 unspecified atom stereocenters. The second-order valence-electron chi connectivity index (χ2n) is 2.87. The number of nitrogens with zero attached hydrogens (tertiary/aromatic N) is 2. The molecule has 0 aliphatic carbocycles. The van der Waals surface area contributed by atoms with Crippen molar-refractivity contribution >= 4 is 27.5 Å². The van der Waals surface area contributed by atoms with E-state index < -0.39 is 0 Å². The summed E-state index contributed by atoms with van der Waals surface area (Å²) in [5.74, 6) is 0.731. The zero-order chi connectivity index (χ0) is 10.8. The van der Waals surface area contributed by atoms with Gasteiger partial charge in [-0.2, -0.15) is 5.10 Å². The van der Waals surface area contributed by atoms with Crippen LogP contribution < -0.4 is 4.74 Å². The second-order valence-corrected chi connectivity index (χ2v) is 4.08. The quantitative estimate of drug-likeness (QED) is 0.847. The van der Waals surface area contributed by atoms with Gasteiger partial charge in [-0.15, -0.1) is 0 Å². The molecule has 78 valence electrons. The lowest BCUT2D eigenvalue weighted by Gasteiger charge is -2.08. The van der Waals surface area contributed by atoms with Crippen molar-refractivity contribution in [2.45, 2.75) is 0 Å². The molecule has 0 aliphatic rings. The lowest BCUT2D eigenvalue weighted by molar-refractivity contribution is 0.412. The van der Waals surface area contributed by atoms with Crippen LogP contribution >= 0.6 is 27.5 Å². The summed E-state index contributed by atoms with van der Waals surface area (Å²) >= 11 is 9.37. The molecule has 3 nitrogen and oxygen atoms in total. The number of methoxy groups -OCH3 is 1. The number of para-hydroxylation sites is 2. The second kappa shape index (κ2) is 4.24. The van der Waals surface area contributed by atoms with Crippen LogP contribution in [0, 0.1) is 0 Å². The Kier molecular flexibility index (Phi) is 2.98. The SMILES string of the molecule is COc1ccccc1-n1ncc(Br)c1Cl. The standard InChI is InChI=1S/C10H8BrClN2O/c1-15-9-5-3-2-4-8(9)14-10(12)7(11)6-13-14/h2-6H,1H3. The minimum Gasteiger partial charge on any atom is -0.494 e. The van der Waals surface area contributed by atoms with Gasteiger partial charge in [-0.1, -0.05) is 23.7 Å².